The number of carboxylic acids is 1. The zero-order chi connectivity index (χ0) is 11.8. The van der Waals surface area contributed by atoms with Crippen LogP contribution in [0.15, 0.2) is 12.1 Å². The predicted molar refractivity (Wildman–Crippen MR) is 58.2 cm³/mol. The Balaban J connectivity index is 3.43. The zero-order valence-corrected chi connectivity index (χ0v) is 9.03. The Hall–Kier alpha value is -1.71. The molecule has 0 saturated carbocycles. The highest BCUT2D eigenvalue weighted by Crippen LogP contribution is 2.32. The molecular weight excluding hydrogens is 194 g/mol. The lowest BCUT2D eigenvalue weighted by atomic mass is 9.85. The topological polar surface area (TPSA) is 83.5 Å². The molecule has 0 fully saturated rings. The quantitative estimate of drug-likeness (QED) is 0.487. The summed E-state index contributed by atoms with van der Waals surface area (Å²) in [5.74, 6) is -1.54. The molecule has 0 unspecified atom stereocenters. The summed E-state index contributed by atoms with van der Waals surface area (Å²) in [5, 5.41) is 18.3. The number of hydrogen-bond acceptors (Lipinski definition) is 3. The van der Waals surface area contributed by atoms with Crippen molar-refractivity contribution in [3.05, 3.63) is 23.3 Å². The molecule has 0 saturated heterocycles. The smallest absolute Gasteiger partial charge is 0.339 e. The Morgan fingerprint density at radius 3 is 2.27 bits per heavy atom. The van der Waals surface area contributed by atoms with Crippen molar-refractivity contribution in [1.29, 1.82) is 0 Å². The normalized spacial score (nSPS) is 11.4. The summed E-state index contributed by atoms with van der Waals surface area (Å²) in [6.07, 6.45) is 0. The van der Waals surface area contributed by atoms with E-state index < -0.39 is 5.97 Å². The maximum atomic E-state index is 10.8. The maximum Gasteiger partial charge on any atom is 0.339 e. The van der Waals surface area contributed by atoms with Gasteiger partial charge in [0.2, 0.25) is 0 Å². The highest BCUT2D eigenvalue weighted by molar-refractivity contribution is 5.93. The van der Waals surface area contributed by atoms with E-state index in [1.165, 1.54) is 6.07 Å². The number of aromatic carboxylic acids is 1. The Bertz CT molecular complexity index is 405. The van der Waals surface area contributed by atoms with Crippen molar-refractivity contribution in [2.45, 2.75) is 26.2 Å². The highest BCUT2D eigenvalue weighted by Gasteiger charge is 2.20. The molecule has 0 spiro atoms. The van der Waals surface area contributed by atoms with Gasteiger partial charge in [0.1, 0.15) is 5.56 Å². The number of benzene rings is 1. The van der Waals surface area contributed by atoms with E-state index in [1.54, 1.807) is 6.07 Å². The van der Waals surface area contributed by atoms with Crippen LogP contribution in [-0.4, -0.2) is 16.2 Å². The third-order valence-electron chi connectivity index (χ3n) is 2.24. The number of carbonyl (C=O) groups is 1. The second-order valence-electron chi connectivity index (χ2n) is 4.52. The Morgan fingerprint density at radius 2 is 1.87 bits per heavy atom. The van der Waals surface area contributed by atoms with Crippen molar-refractivity contribution in [3.63, 3.8) is 0 Å². The van der Waals surface area contributed by atoms with Crippen molar-refractivity contribution in [2.75, 3.05) is 5.73 Å². The van der Waals surface area contributed by atoms with E-state index in [9.17, 15) is 9.90 Å². The van der Waals surface area contributed by atoms with Crippen molar-refractivity contribution < 1.29 is 15.0 Å². The standard InChI is InChI=1S/C11H15NO3/c1-11(2,3)6-4-7(10(14)15)9(13)8(12)5-6/h4-5,13H,12H2,1-3H3,(H,14,15). The van der Waals surface area contributed by atoms with Gasteiger partial charge in [-0.25, -0.2) is 4.79 Å². The lowest BCUT2D eigenvalue weighted by molar-refractivity contribution is 0.0693. The molecule has 0 bridgehead atoms. The van der Waals surface area contributed by atoms with Crippen LogP contribution in [0.4, 0.5) is 5.69 Å². The van der Waals surface area contributed by atoms with Gasteiger partial charge in [0.25, 0.3) is 0 Å². The summed E-state index contributed by atoms with van der Waals surface area (Å²) in [6, 6.07) is 3.05. The molecule has 0 aliphatic heterocycles. The second kappa shape index (κ2) is 3.46. The number of nitrogens with two attached hydrogens (primary N) is 1. The van der Waals surface area contributed by atoms with Crippen LogP contribution in [0, 0.1) is 0 Å². The number of rotatable bonds is 1. The highest BCUT2D eigenvalue weighted by atomic mass is 16.4. The number of phenols is 1. The van der Waals surface area contributed by atoms with Gasteiger partial charge in [-0.15, -0.1) is 0 Å². The lowest BCUT2D eigenvalue weighted by Crippen LogP contribution is -2.13. The summed E-state index contributed by atoms with van der Waals surface area (Å²) in [4.78, 5) is 10.8. The van der Waals surface area contributed by atoms with E-state index in [0.29, 0.717) is 0 Å². The van der Waals surface area contributed by atoms with Crippen LogP contribution in [-0.2, 0) is 5.41 Å². The fourth-order valence-corrected chi connectivity index (χ4v) is 1.25. The first-order chi connectivity index (χ1) is 6.73. The van der Waals surface area contributed by atoms with Gasteiger partial charge in [-0.1, -0.05) is 20.8 Å². The van der Waals surface area contributed by atoms with Crippen molar-refractivity contribution in [2.24, 2.45) is 0 Å². The number of hydrogen-bond donors (Lipinski definition) is 3. The van der Waals surface area contributed by atoms with Crippen LogP contribution in [0.3, 0.4) is 0 Å². The van der Waals surface area contributed by atoms with Crippen molar-refractivity contribution >= 4 is 11.7 Å². The zero-order valence-electron chi connectivity index (χ0n) is 9.03. The summed E-state index contributed by atoms with van der Waals surface area (Å²) < 4.78 is 0. The molecule has 1 aromatic rings. The van der Waals surface area contributed by atoms with Gasteiger partial charge < -0.3 is 15.9 Å². The van der Waals surface area contributed by atoms with E-state index in [4.69, 9.17) is 10.8 Å². The fourth-order valence-electron chi connectivity index (χ4n) is 1.25. The summed E-state index contributed by atoms with van der Waals surface area (Å²) >= 11 is 0. The lowest BCUT2D eigenvalue weighted by Gasteiger charge is -2.20. The Labute approximate surface area is 88.3 Å². The predicted octanol–water partition coefficient (Wildman–Crippen LogP) is 1.97. The summed E-state index contributed by atoms with van der Waals surface area (Å²) in [6.45, 7) is 5.85. The van der Waals surface area contributed by atoms with Gasteiger partial charge in [-0.2, -0.15) is 0 Å². The largest absolute Gasteiger partial charge is 0.505 e. The van der Waals surface area contributed by atoms with E-state index in [1.807, 2.05) is 20.8 Å². The Morgan fingerprint density at radius 1 is 1.33 bits per heavy atom. The molecule has 0 aliphatic carbocycles. The van der Waals surface area contributed by atoms with E-state index in [2.05, 4.69) is 0 Å². The number of carboxylic acid groups (broad SMARTS) is 1. The molecule has 4 heteroatoms. The van der Waals surface area contributed by atoms with Crippen LogP contribution in [0.1, 0.15) is 36.7 Å². The van der Waals surface area contributed by atoms with Gasteiger partial charge in [-0.05, 0) is 23.1 Å². The monoisotopic (exact) mass is 209 g/mol. The van der Waals surface area contributed by atoms with E-state index in [0.717, 1.165) is 5.56 Å². The van der Waals surface area contributed by atoms with Crippen molar-refractivity contribution in [1.82, 2.24) is 0 Å². The SMILES string of the molecule is CC(C)(C)c1cc(N)c(O)c(C(=O)O)c1. The number of anilines is 1. The molecule has 0 radical (unpaired) electrons. The molecule has 4 nitrogen and oxygen atoms in total. The van der Waals surface area contributed by atoms with Gasteiger partial charge in [0.15, 0.2) is 5.75 Å². The molecule has 0 aliphatic rings. The van der Waals surface area contributed by atoms with Gasteiger partial charge in [-0.3, -0.25) is 0 Å². The Kier molecular flexibility index (Phi) is 2.62. The van der Waals surface area contributed by atoms with Crippen LogP contribution < -0.4 is 5.73 Å². The molecule has 82 valence electrons. The number of nitrogen functional groups attached to an aromatic ring is 1. The van der Waals surface area contributed by atoms with Crippen molar-refractivity contribution in [3.8, 4) is 5.75 Å². The van der Waals surface area contributed by atoms with Crippen LogP contribution in [0.2, 0.25) is 0 Å². The molecule has 15 heavy (non-hydrogen) atoms. The minimum atomic E-state index is -1.18. The molecule has 1 aromatic carbocycles. The third-order valence-corrected chi connectivity index (χ3v) is 2.24. The van der Waals surface area contributed by atoms with E-state index in [-0.39, 0.29) is 22.4 Å². The van der Waals surface area contributed by atoms with Gasteiger partial charge in [0.05, 0.1) is 5.69 Å². The average molecular weight is 209 g/mol. The molecular formula is C11H15NO3. The molecule has 0 amide bonds. The minimum Gasteiger partial charge on any atom is -0.505 e. The number of aromatic hydroxyl groups is 1. The van der Waals surface area contributed by atoms with Crippen LogP contribution in [0.5, 0.6) is 5.75 Å². The van der Waals surface area contributed by atoms with E-state index >= 15 is 0 Å². The summed E-state index contributed by atoms with van der Waals surface area (Å²) in [5.41, 5.74) is 6.07. The molecule has 0 aromatic heterocycles. The van der Waals surface area contributed by atoms with Crippen LogP contribution >= 0.6 is 0 Å². The van der Waals surface area contributed by atoms with Crippen LogP contribution in [0.25, 0.3) is 0 Å². The first kappa shape index (κ1) is 11.4. The third kappa shape index (κ3) is 2.21. The first-order valence-electron chi connectivity index (χ1n) is 4.59. The minimum absolute atomic E-state index is 0.0971. The molecule has 0 heterocycles. The average Bonchev–Trinajstić information content (AvgIpc) is 2.06. The van der Waals surface area contributed by atoms with Gasteiger partial charge in [0, 0.05) is 0 Å². The first-order valence-corrected chi connectivity index (χ1v) is 4.59. The molecule has 0 atom stereocenters. The summed E-state index contributed by atoms with van der Waals surface area (Å²) in [7, 11) is 0. The second-order valence-corrected chi connectivity index (χ2v) is 4.52. The molecule has 4 N–H and O–H groups in total. The molecule has 1 rings (SSSR count). The van der Waals surface area contributed by atoms with Gasteiger partial charge >= 0.3 is 5.97 Å². The maximum absolute atomic E-state index is 10.8. The fraction of sp³-hybridized carbons (Fsp3) is 0.364.